The third kappa shape index (κ3) is 4.06. The smallest absolute Gasteiger partial charge is 0.0709 e. The normalized spacial score (nSPS) is 18.9. The zero-order valence-electron chi connectivity index (χ0n) is 12.4. The number of aromatic nitrogens is 2. The Balaban J connectivity index is 2.08. The van der Waals surface area contributed by atoms with Gasteiger partial charge in [0.1, 0.15) is 0 Å². The Hall–Kier alpha value is -0.390. The molecule has 3 N–H and O–H groups in total. The van der Waals surface area contributed by atoms with Gasteiger partial charge in [0.05, 0.1) is 22.4 Å². The van der Waals surface area contributed by atoms with Crippen molar-refractivity contribution in [3.63, 3.8) is 0 Å². The number of nitrogens with one attached hydrogen (secondary N) is 1. The van der Waals surface area contributed by atoms with Crippen molar-refractivity contribution >= 4 is 15.9 Å². The number of hydrazine groups is 1. The van der Waals surface area contributed by atoms with E-state index in [1.54, 1.807) is 0 Å². The van der Waals surface area contributed by atoms with Crippen LogP contribution in [-0.4, -0.2) is 9.78 Å². The van der Waals surface area contributed by atoms with Crippen LogP contribution in [0.15, 0.2) is 10.7 Å². The minimum absolute atomic E-state index is 0.196. The van der Waals surface area contributed by atoms with Crippen LogP contribution in [0.1, 0.15) is 70.0 Å². The third-order valence-electron chi connectivity index (χ3n) is 4.34. The number of nitrogens with zero attached hydrogens (tertiary/aromatic N) is 2. The van der Waals surface area contributed by atoms with Crippen molar-refractivity contribution in [2.24, 2.45) is 11.8 Å². The number of hydrogen-bond acceptors (Lipinski definition) is 3. The highest BCUT2D eigenvalue weighted by molar-refractivity contribution is 9.10. The summed E-state index contributed by atoms with van der Waals surface area (Å²) >= 11 is 3.63. The molecule has 1 unspecified atom stereocenters. The topological polar surface area (TPSA) is 55.9 Å². The van der Waals surface area contributed by atoms with Gasteiger partial charge < -0.3 is 0 Å². The van der Waals surface area contributed by atoms with Crippen molar-refractivity contribution in [3.8, 4) is 0 Å². The van der Waals surface area contributed by atoms with Gasteiger partial charge in [-0.3, -0.25) is 16.0 Å². The molecule has 0 aromatic carbocycles. The molecule has 1 heterocycles. The molecule has 1 aromatic rings. The van der Waals surface area contributed by atoms with Crippen LogP contribution < -0.4 is 11.3 Å². The first kappa shape index (κ1) is 16.0. The molecule has 1 aromatic heterocycles. The van der Waals surface area contributed by atoms with Gasteiger partial charge in [-0.15, -0.1) is 0 Å². The van der Waals surface area contributed by atoms with Gasteiger partial charge in [0, 0.05) is 6.54 Å². The standard InChI is InChI=1S/C15H27BrN4/c1-2-9-20-15(13(16)11-18-20)14(19-17)10-12-7-5-3-4-6-8-12/h11-12,14,19H,2-10,17H2,1H3. The average molecular weight is 343 g/mol. The Morgan fingerprint density at radius 1 is 1.40 bits per heavy atom. The van der Waals surface area contributed by atoms with Crippen molar-refractivity contribution in [2.45, 2.75) is 70.9 Å². The molecule has 0 bridgehead atoms. The molecule has 1 saturated carbocycles. The van der Waals surface area contributed by atoms with Gasteiger partial charge in [0.25, 0.3) is 0 Å². The van der Waals surface area contributed by atoms with Gasteiger partial charge in [0.2, 0.25) is 0 Å². The number of halogens is 1. The van der Waals surface area contributed by atoms with Crippen LogP contribution in [0.4, 0.5) is 0 Å². The first-order chi connectivity index (χ1) is 9.76. The van der Waals surface area contributed by atoms with Gasteiger partial charge in [-0.25, -0.2) is 0 Å². The molecule has 0 aliphatic heterocycles. The molecule has 2 rings (SSSR count). The molecule has 20 heavy (non-hydrogen) atoms. The molecule has 0 saturated heterocycles. The van der Waals surface area contributed by atoms with Crippen molar-refractivity contribution in [1.29, 1.82) is 0 Å². The van der Waals surface area contributed by atoms with E-state index in [1.165, 1.54) is 44.2 Å². The van der Waals surface area contributed by atoms with E-state index in [0.717, 1.165) is 29.8 Å². The van der Waals surface area contributed by atoms with Crippen LogP contribution >= 0.6 is 15.9 Å². The van der Waals surface area contributed by atoms with E-state index in [4.69, 9.17) is 5.84 Å². The monoisotopic (exact) mass is 342 g/mol. The Morgan fingerprint density at radius 2 is 2.10 bits per heavy atom. The summed E-state index contributed by atoms with van der Waals surface area (Å²) < 4.78 is 3.16. The lowest BCUT2D eigenvalue weighted by atomic mass is 9.91. The van der Waals surface area contributed by atoms with E-state index >= 15 is 0 Å². The number of aryl methyl sites for hydroxylation is 1. The zero-order chi connectivity index (χ0) is 14.4. The third-order valence-corrected chi connectivity index (χ3v) is 4.95. The van der Waals surface area contributed by atoms with Crippen LogP contribution in [0.5, 0.6) is 0 Å². The molecule has 1 fully saturated rings. The lowest BCUT2D eigenvalue weighted by molar-refractivity contribution is 0.344. The summed E-state index contributed by atoms with van der Waals surface area (Å²) in [5.41, 5.74) is 4.23. The van der Waals surface area contributed by atoms with Crippen molar-refractivity contribution in [3.05, 3.63) is 16.4 Å². The first-order valence-electron chi connectivity index (χ1n) is 7.93. The van der Waals surface area contributed by atoms with Gasteiger partial charge >= 0.3 is 0 Å². The second kappa shape index (κ2) is 8.15. The second-order valence-corrected chi connectivity index (χ2v) is 6.77. The molecular formula is C15H27BrN4. The number of hydrogen-bond donors (Lipinski definition) is 2. The molecule has 1 aliphatic rings. The van der Waals surface area contributed by atoms with E-state index in [1.807, 2.05) is 6.20 Å². The van der Waals surface area contributed by atoms with E-state index in [0.29, 0.717) is 0 Å². The Kier molecular flexibility index (Phi) is 6.52. The minimum atomic E-state index is 0.196. The summed E-state index contributed by atoms with van der Waals surface area (Å²) in [5, 5.41) is 4.46. The lowest BCUT2D eigenvalue weighted by Gasteiger charge is -2.23. The fraction of sp³-hybridized carbons (Fsp3) is 0.800. The maximum absolute atomic E-state index is 5.84. The van der Waals surface area contributed by atoms with Crippen LogP contribution in [0, 0.1) is 5.92 Å². The Labute approximate surface area is 130 Å². The SMILES string of the molecule is CCCn1ncc(Br)c1C(CC1CCCCCC1)NN. The average Bonchev–Trinajstić information content (AvgIpc) is 2.67. The molecule has 5 heteroatoms. The van der Waals surface area contributed by atoms with E-state index < -0.39 is 0 Å². The maximum atomic E-state index is 5.84. The molecular weight excluding hydrogens is 316 g/mol. The highest BCUT2D eigenvalue weighted by Gasteiger charge is 2.23. The molecule has 4 nitrogen and oxygen atoms in total. The fourth-order valence-electron chi connectivity index (χ4n) is 3.30. The Morgan fingerprint density at radius 3 is 2.70 bits per heavy atom. The lowest BCUT2D eigenvalue weighted by Crippen LogP contribution is -2.32. The molecule has 1 aliphatic carbocycles. The largest absolute Gasteiger partial charge is 0.271 e. The summed E-state index contributed by atoms with van der Waals surface area (Å²) in [6.07, 6.45) is 12.3. The van der Waals surface area contributed by atoms with Gasteiger partial charge in [0.15, 0.2) is 0 Å². The first-order valence-corrected chi connectivity index (χ1v) is 8.72. The van der Waals surface area contributed by atoms with Crippen molar-refractivity contribution < 1.29 is 0 Å². The predicted octanol–water partition coefficient (Wildman–Crippen LogP) is 3.92. The number of nitrogens with two attached hydrogens (primary N) is 1. The zero-order valence-corrected chi connectivity index (χ0v) is 14.0. The van der Waals surface area contributed by atoms with Gasteiger partial charge in [-0.1, -0.05) is 45.4 Å². The van der Waals surface area contributed by atoms with E-state index in [2.05, 4.69) is 38.1 Å². The predicted molar refractivity (Wildman–Crippen MR) is 86.1 cm³/mol. The van der Waals surface area contributed by atoms with Crippen molar-refractivity contribution in [1.82, 2.24) is 15.2 Å². The highest BCUT2D eigenvalue weighted by atomic mass is 79.9. The van der Waals surface area contributed by atoms with Crippen molar-refractivity contribution in [2.75, 3.05) is 0 Å². The van der Waals surface area contributed by atoms with Crippen LogP contribution in [-0.2, 0) is 6.54 Å². The van der Waals surface area contributed by atoms with Crippen LogP contribution in [0.25, 0.3) is 0 Å². The summed E-state index contributed by atoms with van der Waals surface area (Å²) in [5.74, 6) is 6.63. The molecule has 0 amide bonds. The summed E-state index contributed by atoms with van der Waals surface area (Å²) in [6, 6.07) is 0.196. The quantitative estimate of drug-likeness (QED) is 0.468. The van der Waals surface area contributed by atoms with Gasteiger partial charge in [-0.2, -0.15) is 5.10 Å². The molecule has 1 atom stereocenters. The maximum Gasteiger partial charge on any atom is 0.0709 e. The minimum Gasteiger partial charge on any atom is -0.271 e. The second-order valence-electron chi connectivity index (χ2n) is 5.91. The summed E-state index contributed by atoms with van der Waals surface area (Å²) in [6.45, 7) is 3.12. The molecule has 0 radical (unpaired) electrons. The molecule has 0 spiro atoms. The van der Waals surface area contributed by atoms with Crippen LogP contribution in [0.2, 0.25) is 0 Å². The summed E-state index contributed by atoms with van der Waals surface area (Å²) in [7, 11) is 0. The highest BCUT2D eigenvalue weighted by Crippen LogP contribution is 2.33. The summed E-state index contributed by atoms with van der Waals surface area (Å²) in [4.78, 5) is 0. The van der Waals surface area contributed by atoms with E-state index in [9.17, 15) is 0 Å². The molecule has 114 valence electrons. The van der Waals surface area contributed by atoms with E-state index in [-0.39, 0.29) is 6.04 Å². The fourth-order valence-corrected chi connectivity index (χ4v) is 3.87. The van der Waals surface area contributed by atoms with Gasteiger partial charge in [-0.05, 0) is 34.7 Å². The Bertz CT molecular complexity index is 397. The number of rotatable bonds is 6. The van der Waals surface area contributed by atoms with Crippen LogP contribution in [0.3, 0.4) is 0 Å².